The first-order valence-electron chi connectivity index (χ1n) is 18.6. The molecule has 0 amide bonds. The summed E-state index contributed by atoms with van der Waals surface area (Å²) < 4.78 is 0. The van der Waals surface area contributed by atoms with Crippen molar-refractivity contribution in [3.05, 3.63) is 0 Å². The van der Waals surface area contributed by atoms with Crippen molar-refractivity contribution in [3.63, 3.8) is 0 Å². The van der Waals surface area contributed by atoms with E-state index < -0.39 is 0 Å². The summed E-state index contributed by atoms with van der Waals surface area (Å²) in [6, 6.07) is 0. The minimum Gasteiger partial charge on any atom is -0.290 e. The molecular formula is C38H75O. The van der Waals surface area contributed by atoms with E-state index in [-0.39, 0.29) is 5.41 Å². The Balaban J connectivity index is 4.08. The van der Waals surface area contributed by atoms with Crippen LogP contribution in [0.5, 0.6) is 0 Å². The molecule has 0 N–H and O–H groups in total. The molecule has 0 fully saturated rings. The minimum atomic E-state index is -0.137. The van der Waals surface area contributed by atoms with Crippen molar-refractivity contribution in [2.24, 2.45) is 5.41 Å². The molecule has 0 saturated heterocycles. The van der Waals surface area contributed by atoms with Gasteiger partial charge in [-0.3, -0.25) is 4.79 Å². The van der Waals surface area contributed by atoms with Gasteiger partial charge in [0, 0.05) is 5.41 Å². The zero-order chi connectivity index (χ0) is 28.5. The molecule has 1 nitrogen and oxygen atoms in total. The number of rotatable bonds is 34. The standard InChI is InChI=1S/C38H75O/c1-4-7-10-13-16-18-20-21-22-23-25-27-30-33-36-38(37-39,34-31-28-15-12-9-6-3)35-32-29-26-24-19-17-14-11-8-5-2/h4-36H2,1-3H3. The highest BCUT2D eigenvalue weighted by atomic mass is 16.1. The average molecular weight is 548 g/mol. The first-order chi connectivity index (χ1) is 19.2. The lowest BCUT2D eigenvalue weighted by atomic mass is 9.75. The highest BCUT2D eigenvalue weighted by molar-refractivity contribution is 5.60. The second-order valence-electron chi connectivity index (χ2n) is 13.2. The van der Waals surface area contributed by atoms with Crippen LogP contribution in [0.15, 0.2) is 0 Å². The van der Waals surface area contributed by atoms with Crippen LogP contribution in [-0.4, -0.2) is 6.29 Å². The van der Waals surface area contributed by atoms with E-state index in [2.05, 4.69) is 27.1 Å². The molecule has 0 aromatic carbocycles. The van der Waals surface area contributed by atoms with Crippen LogP contribution in [0.3, 0.4) is 0 Å². The molecule has 0 heterocycles. The molecule has 39 heavy (non-hydrogen) atoms. The molecule has 1 atom stereocenters. The highest BCUT2D eigenvalue weighted by Gasteiger charge is 2.29. The first-order valence-corrected chi connectivity index (χ1v) is 18.6. The lowest BCUT2D eigenvalue weighted by Gasteiger charge is -2.27. The third-order valence-electron chi connectivity index (χ3n) is 9.24. The summed E-state index contributed by atoms with van der Waals surface area (Å²) in [6.07, 6.45) is 47.2. The van der Waals surface area contributed by atoms with E-state index in [9.17, 15) is 4.79 Å². The Kier molecular flexibility index (Phi) is 31.9. The van der Waals surface area contributed by atoms with Crippen LogP contribution in [0.4, 0.5) is 0 Å². The van der Waals surface area contributed by atoms with Gasteiger partial charge in [-0.15, -0.1) is 0 Å². The highest BCUT2D eigenvalue weighted by Crippen LogP contribution is 2.35. The molecule has 0 rings (SSSR count). The molecule has 0 saturated carbocycles. The van der Waals surface area contributed by atoms with Crippen LogP contribution < -0.4 is 0 Å². The maximum Gasteiger partial charge on any atom is 0.205 e. The lowest BCUT2D eigenvalue weighted by molar-refractivity contribution is 0.278. The molecule has 0 spiro atoms. The zero-order valence-corrected chi connectivity index (χ0v) is 27.7. The number of hydrogen-bond acceptors (Lipinski definition) is 1. The maximum absolute atomic E-state index is 12.3. The molecule has 233 valence electrons. The van der Waals surface area contributed by atoms with Gasteiger partial charge < -0.3 is 0 Å². The van der Waals surface area contributed by atoms with Crippen molar-refractivity contribution in [1.29, 1.82) is 0 Å². The molecule has 0 aliphatic carbocycles. The second-order valence-corrected chi connectivity index (χ2v) is 13.2. The van der Waals surface area contributed by atoms with Crippen LogP contribution in [0, 0.1) is 5.41 Å². The summed E-state index contributed by atoms with van der Waals surface area (Å²) in [4.78, 5) is 12.3. The van der Waals surface area contributed by atoms with Gasteiger partial charge in [0.1, 0.15) is 0 Å². The smallest absolute Gasteiger partial charge is 0.205 e. The average Bonchev–Trinajstić information content (AvgIpc) is 2.95. The predicted octanol–water partition coefficient (Wildman–Crippen LogP) is 14.0. The Morgan fingerprint density at radius 2 is 0.487 bits per heavy atom. The van der Waals surface area contributed by atoms with Crippen molar-refractivity contribution in [1.82, 2.24) is 0 Å². The summed E-state index contributed by atoms with van der Waals surface area (Å²) in [7, 11) is 0. The van der Waals surface area contributed by atoms with Gasteiger partial charge in [-0.1, -0.05) is 213 Å². The molecular weight excluding hydrogens is 472 g/mol. The SMILES string of the molecule is CCCCCCCCCCCCCCCCC([C]=O)(CCCCCCCC)CCCCCCCCCCCC. The van der Waals surface area contributed by atoms with Crippen molar-refractivity contribution in [2.75, 3.05) is 0 Å². The van der Waals surface area contributed by atoms with Crippen LogP contribution in [0.2, 0.25) is 0 Å². The molecule has 0 aromatic rings. The fourth-order valence-corrected chi connectivity index (χ4v) is 6.38. The van der Waals surface area contributed by atoms with E-state index in [0.717, 1.165) is 19.3 Å². The lowest BCUT2D eigenvalue weighted by Crippen LogP contribution is -2.23. The van der Waals surface area contributed by atoms with Gasteiger partial charge in [-0.05, 0) is 19.3 Å². The van der Waals surface area contributed by atoms with Gasteiger partial charge in [0.25, 0.3) is 0 Å². The minimum absolute atomic E-state index is 0.137. The molecule has 1 radical (unpaired) electrons. The summed E-state index contributed by atoms with van der Waals surface area (Å²) in [5.41, 5.74) is -0.137. The van der Waals surface area contributed by atoms with Crippen LogP contribution in [-0.2, 0) is 4.79 Å². The monoisotopic (exact) mass is 548 g/mol. The van der Waals surface area contributed by atoms with E-state index in [4.69, 9.17) is 0 Å². The quantitative estimate of drug-likeness (QED) is 0.0732. The molecule has 0 bridgehead atoms. The molecule has 1 heteroatoms. The topological polar surface area (TPSA) is 17.1 Å². The van der Waals surface area contributed by atoms with Crippen LogP contribution in [0.25, 0.3) is 0 Å². The summed E-state index contributed by atoms with van der Waals surface area (Å²) in [5.74, 6) is 0. The largest absolute Gasteiger partial charge is 0.290 e. The van der Waals surface area contributed by atoms with Crippen molar-refractivity contribution >= 4 is 6.29 Å². The normalized spacial score (nSPS) is 13.1. The van der Waals surface area contributed by atoms with Gasteiger partial charge in [0.15, 0.2) is 0 Å². The Hall–Kier alpha value is -0.330. The first kappa shape index (κ1) is 38.7. The zero-order valence-electron chi connectivity index (χ0n) is 27.7. The van der Waals surface area contributed by atoms with Gasteiger partial charge in [-0.25, -0.2) is 0 Å². The molecule has 0 aliphatic rings. The van der Waals surface area contributed by atoms with Gasteiger partial charge in [-0.2, -0.15) is 0 Å². The van der Waals surface area contributed by atoms with Crippen molar-refractivity contribution < 1.29 is 4.79 Å². The van der Waals surface area contributed by atoms with E-state index in [0.29, 0.717) is 0 Å². The Bertz CT molecular complexity index is 458. The predicted molar refractivity (Wildman–Crippen MR) is 178 cm³/mol. The molecule has 1 unspecified atom stereocenters. The van der Waals surface area contributed by atoms with Gasteiger partial charge >= 0.3 is 0 Å². The Morgan fingerprint density at radius 1 is 0.308 bits per heavy atom. The van der Waals surface area contributed by atoms with Crippen LogP contribution >= 0.6 is 0 Å². The fourth-order valence-electron chi connectivity index (χ4n) is 6.38. The number of hydrogen-bond donors (Lipinski definition) is 0. The molecule has 0 aliphatic heterocycles. The van der Waals surface area contributed by atoms with E-state index in [1.807, 2.05) is 0 Å². The molecule has 0 aromatic heterocycles. The fraction of sp³-hybridized carbons (Fsp3) is 0.974. The van der Waals surface area contributed by atoms with E-state index in [1.165, 1.54) is 193 Å². The number of unbranched alkanes of at least 4 members (excludes halogenated alkanes) is 27. The van der Waals surface area contributed by atoms with E-state index in [1.54, 1.807) is 0 Å². The third-order valence-corrected chi connectivity index (χ3v) is 9.24. The van der Waals surface area contributed by atoms with Gasteiger partial charge in [0.2, 0.25) is 6.29 Å². The van der Waals surface area contributed by atoms with Crippen LogP contribution in [0.1, 0.15) is 233 Å². The third kappa shape index (κ3) is 27.6. The number of carbonyl (C=O) groups excluding carboxylic acids is 1. The summed E-state index contributed by atoms with van der Waals surface area (Å²) >= 11 is 0. The second kappa shape index (κ2) is 32.2. The summed E-state index contributed by atoms with van der Waals surface area (Å²) in [5, 5.41) is 0. The Morgan fingerprint density at radius 3 is 0.667 bits per heavy atom. The van der Waals surface area contributed by atoms with Crippen molar-refractivity contribution in [2.45, 2.75) is 233 Å². The van der Waals surface area contributed by atoms with Gasteiger partial charge in [0.05, 0.1) is 0 Å². The Labute approximate surface area is 248 Å². The van der Waals surface area contributed by atoms with Crippen molar-refractivity contribution in [3.8, 4) is 0 Å². The van der Waals surface area contributed by atoms with E-state index >= 15 is 0 Å². The maximum atomic E-state index is 12.3. The summed E-state index contributed by atoms with van der Waals surface area (Å²) in [6.45, 7) is 6.88.